The van der Waals surface area contributed by atoms with Crippen molar-refractivity contribution in [2.75, 3.05) is 44.3 Å². The summed E-state index contributed by atoms with van der Waals surface area (Å²) in [5, 5.41) is 0. The molecular formula is C17H20F3N5O3+2. The second kappa shape index (κ2) is 7.58. The molecule has 2 saturated heterocycles. The van der Waals surface area contributed by atoms with Crippen LogP contribution >= 0.6 is 0 Å². The first-order valence-corrected chi connectivity index (χ1v) is 8.68. The molecule has 2 fully saturated rings. The number of aromatic nitrogens is 1. The smallest absolute Gasteiger partial charge is 0.311 e. The van der Waals surface area contributed by atoms with Gasteiger partial charge in [0, 0.05) is 12.6 Å². The molecule has 2 aliphatic rings. The van der Waals surface area contributed by atoms with Crippen molar-refractivity contribution in [3.8, 4) is 0 Å². The van der Waals surface area contributed by atoms with Crippen LogP contribution in [0.1, 0.15) is 5.56 Å². The van der Waals surface area contributed by atoms with Gasteiger partial charge in [-0.1, -0.05) is 6.08 Å². The summed E-state index contributed by atoms with van der Waals surface area (Å²) in [5.41, 5.74) is -0.750. The van der Waals surface area contributed by atoms with Crippen molar-refractivity contribution in [2.24, 2.45) is 0 Å². The Morgan fingerprint density at radius 2 is 1.75 bits per heavy atom. The molecule has 0 radical (unpaired) electrons. The van der Waals surface area contributed by atoms with Gasteiger partial charge in [0.2, 0.25) is 0 Å². The Morgan fingerprint density at radius 3 is 2.29 bits per heavy atom. The minimum atomic E-state index is -4.40. The Balaban J connectivity index is 1.57. The second-order valence-electron chi connectivity index (χ2n) is 6.58. The number of halogens is 3. The number of urea groups is 1. The molecule has 0 spiro atoms. The maximum atomic E-state index is 12.6. The molecule has 11 heteroatoms. The minimum Gasteiger partial charge on any atom is -0.311 e. The number of H-pyrrole nitrogens is 1. The lowest BCUT2D eigenvalue weighted by molar-refractivity contribution is -0.908. The van der Waals surface area contributed by atoms with Gasteiger partial charge < -0.3 is 4.90 Å². The van der Waals surface area contributed by atoms with Crippen molar-refractivity contribution in [2.45, 2.75) is 6.18 Å². The van der Waals surface area contributed by atoms with Gasteiger partial charge >= 0.3 is 24.0 Å². The number of pyridine rings is 1. The third-order valence-electron chi connectivity index (χ3n) is 4.76. The zero-order valence-electron chi connectivity index (χ0n) is 15.0. The topological polar surface area (TPSA) is 79.5 Å². The molecule has 1 aromatic heterocycles. The molecule has 3 heterocycles. The van der Waals surface area contributed by atoms with Crippen molar-refractivity contribution in [1.29, 1.82) is 0 Å². The number of aromatic amines is 1. The van der Waals surface area contributed by atoms with Gasteiger partial charge in [-0.3, -0.25) is 19.4 Å². The fourth-order valence-corrected chi connectivity index (χ4v) is 3.22. The first-order valence-electron chi connectivity index (χ1n) is 8.68. The first-order chi connectivity index (χ1) is 13.2. The summed E-state index contributed by atoms with van der Waals surface area (Å²) in [6.45, 7) is 5.68. The highest BCUT2D eigenvalue weighted by atomic mass is 19.4. The molecule has 2 N–H and O–H groups in total. The summed E-state index contributed by atoms with van der Waals surface area (Å²) in [7, 11) is 0. The van der Waals surface area contributed by atoms with Crippen molar-refractivity contribution in [3.05, 3.63) is 36.5 Å². The Kier molecular flexibility index (Phi) is 5.36. The zero-order valence-corrected chi connectivity index (χ0v) is 15.0. The number of rotatable bonds is 5. The monoisotopic (exact) mass is 399 g/mol. The molecule has 0 unspecified atom stereocenters. The highest BCUT2D eigenvalue weighted by Crippen LogP contribution is 2.28. The predicted molar refractivity (Wildman–Crippen MR) is 89.9 cm³/mol. The number of hydrogen-bond donors (Lipinski definition) is 1. The van der Waals surface area contributed by atoms with E-state index in [1.807, 2.05) is 4.90 Å². The Bertz CT molecular complexity index is 788. The maximum Gasteiger partial charge on any atom is 0.419 e. The normalized spacial score (nSPS) is 19.0. The van der Waals surface area contributed by atoms with Crippen molar-refractivity contribution < 1.29 is 37.4 Å². The van der Waals surface area contributed by atoms with Crippen LogP contribution in [0.15, 0.2) is 31.0 Å². The van der Waals surface area contributed by atoms with E-state index in [9.17, 15) is 27.6 Å². The Hall–Kier alpha value is -2.95. The van der Waals surface area contributed by atoms with Gasteiger partial charge in [-0.15, -0.1) is 6.58 Å². The number of nitrogens with zero attached hydrogens (tertiary/aromatic N) is 3. The molecular weight excluding hydrogens is 379 g/mol. The van der Waals surface area contributed by atoms with E-state index in [0.29, 0.717) is 32.0 Å². The average molecular weight is 399 g/mol. The average Bonchev–Trinajstić information content (AvgIpc) is 2.86. The number of alkyl halides is 3. The number of anilines is 1. The van der Waals surface area contributed by atoms with Gasteiger partial charge in [-0.2, -0.15) is 13.2 Å². The number of carbonyl (C=O) groups excluding carboxylic acids is 3. The van der Waals surface area contributed by atoms with Gasteiger partial charge in [0.1, 0.15) is 32.4 Å². The number of amides is 4. The lowest BCUT2D eigenvalue weighted by atomic mass is 10.2. The number of hydrogen-bond acceptors (Lipinski definition) is 4. The molecule has 0 aromatic carbocycles. The first kappa shape index (κ1) is 19.8. The third kappa shape index (κ3) is 3.84. The number of quaternary nitrogens is 1. The van der Waals surface area contributed by atoms with Crippen molar-refractivity contribution >= 4 is 23.7 Å². The fraction of sp³-hybridized carbons (Fsp3) is 0.412. The van der Waals surface area contributed by atoms with Crippen molar-refractivity contribution in [3.63, 3.8) is 0 Å². The molecule has 8 nitrogen and oxygen atoms in total. The summed E-state index contributed by atoms with van der Waals surface area (Å²) in [4.78, 5) is 43.4. The SMILES string of the molecule is C=CCN1C(=O)C(=O)N(C[NH+]2CCN(c3ccc(C(F)(F)F)c[nH+]3)CC2)C1=O. The third-order valence-corrected chi connectivity index (χ3v) is 4.76. The van der Waals surface area contributed by atoms with E-state index in [4.69, 9.17) is 0 Å². The number of nitrogens with one attached hydrogen (secondary N) is 2. The number of imide groups is 2. The lowest BCUT2D eigenvalue weighted by Gasteiger charge is -2.30. The van der Waals surface area contributed by atoms with Crippen LogP contribution < -0.4 is 14.8 Å². The molecule has 0 bridgehead atoms. The summed E-state index contributed by atoms with van der Waals surface area (Å²) in [6, 6.07) is 1.75. The molecule has 3 rings (SSSR count). The molecule has 0 saturated carbocycles. The van der Waals surface area contributed by atoms with Crippen LogP contribution in [0.2, 0.25) is 0 Å². The van der Waals surface area contributed by atoms with Crippen LogP contribution in [-0.2, 0) is 15.8 Å². The molecule has 0 aliphatic carbocycles. The Labute approximate surface area is 158 Å². The van der Waals surface area contributed by atoms with Crippen LogP contribution in [0.5, 0.6) is 0 Å². The largest absolute Gasteiger partial charge is 0.419 e. The Morgan fingerprint density at radius 1 is 1.11 bits per heavy atom. The summed E-state index contributed by atoms with van der Waals surface area (Å²) < 4.78 is 37.9. The van der Waals surface area contributed by atoms with Gasteiger partial charge in [0.15, 0.2) is 6.67 Å². The number of carbonyl (C=O) groups is 3. The van der Waals surface area contributed by atoms with Crippen LogP contribution in [0.3, 0.4) is 0 Å². The zero-order chi connectivity index (χ0) is 20.5. The molecule has 0 atom stereocenters. The van der Waals surface area contributed by atoms with Crippen LogP contribution in [0, 0.1) is 0 Å². The van der Waals surface area contributed by atoms with Crippen LogP contribution in [-0.4, -0.2) is 67.0 Å². The number of piperazine rings is 1. The molecule has 28 heavy (non-hydrogen) atoms. The van der Waals surface area contributed by atoms with Crippen molar-refractivity contribution in [1.82, 2.24) is 9.80 Å². The molecule has 2 aliphatic heterocycles. The highest BCUT2D eigenvalue weighted by molar-refractivity contribution is 6.44. The van der Waals surface area contributed by atoms with E-state index < -0.39 is 29.6 Å². The summed E-state index contributed by atoms with van der Waals surface area (Å²) in [6.07, 6.45) is -2.10. The van der Waals surface area contributed by atoms with E-state index >= 15 is 0 Å². The maximum absolute atomic E-state index is 12.6. The van der Waals surface area contributed by atoms with E-state index in [-0.39, 0.29) is 13.2 Å². The van der Waals surface area contributed by atoms with E-state index in [1.165, 1.54) is 12.1 Å². The lowest BCUT2D eigenvalue weighted by Crippen LogP contribution is -3.16. The van der Waals surface area contributed by atoms with E-state index in [0.717, 1.165) is 27.0 Å². The quantitative estimate of drug-likeness (QED) is 0.398. The van der Waals surface area contributed by atoms with Crippen LogP contribution in [0.25, 0.3) is 0 Å². The van der Waals surface area contributed by atoms with E-state index in [1.54, 1.807) is 0 Å². The predicted octanol–water partition coefficient (Wildman–Crippen LogP) is -0.841. The minimum absolute atomic E-state index is 0.0211. The second-order valence-corrected chi connectivity index (χ2v) is 6.58. The molecule has 4 amide bonds. The van der Waals surface area contributed by atoms with Crippen LogP contribution in [0.4, 0.5) is 23.8 Å². The fourth-order valence-electron chi connectivity index (χ4n) is 3.22. The summed E-state index contributed by atoms with van der Waals surface area (Å²) >= 11 is 0. The highest BCUT2D eigenvalue weighted by Gasteiger charge is 2.46. The van der Waals surface area contributed by atoms with Gasteiger partial charge in [-0.25, -0.2) is 14.7 Å². The van der Waals surface area contributed by atoms with Gasteiger partial charge in [-0.05, 0) is 6.07 Å². The summed E-state index contributed by atoms with van der Waals surface area (Å²) in [5.74, 6) is -1.15. The van der Waals surface area contributed by atoms with Gasteiger partial charge in [0.05, 0.1) is 5.56 Å². The van der Waals surface area contributed by atoms with Gasteiger partial charge in [0.25, 0.3) is 5.82 Å². The molecule has 1 aromatic rings. The standard InChI is InChI=1S/C17H18F3N5O3/c1-2-5-24-14(26)15(27)25(16(24)28)11-22-6-8-23(9-7-22)13-4-3-12(10-21-13)17(18,19)20/h2-4,10H,1,5-9,11H2/p+2. The van der Waals surface area contributed by atoms with E-state index in [2.05, 4.69) is 11.6 Å². The molecule has 150 valence electrons.